The van der Waals surface area contributed by atoms with E-state index in [-0.39, 0.29) is 11.8 Å². The molecule has 0 aliphatic heterocycles. The van der Waals surface area contributed by atoms with Crippen molar-refractivity contribution in [2.75, 3.05) is 0 Å². The summed E-state index contributed by atoms with van der Waals surface area (Å²) in [5, 5.41) is 13.7. The number of carbonyl (C=O) groups is 1. The number of aromatic nitrogens is 3. The van der Waals surface area contributed by atoms with Crippen LogP contribution in [0.5, 0.6) is 5.88 Å². The van der Waals surface area contributed by atoms with Crippen LogP contribution < -0.4 is 0 Å². The third-order valence-electron chi connectivity index (χ3n) is 1.83. The van der Waals surface area contributed by atoms with Gasteiger partial charge < -0.3 is 5.11 Å². The van der Waals surface area contributed by atoms with Crippen LogP contribution in [0.4, 0.5) is 0 Å². The number of pyridine rings is 1. The topological polar surface area (TPSA) is 68.0 Å². The number of nitrogens with zero attached hydrogens (tertiary/aromatic N) is 3. The fraction of sp³-hybridized carbons (Fsp3) is 0.125. The van der Waals surface area contributed by atoms with Crippen LogP contribution in [0.2, 0.25) is 0 Å². The van der Waals surface area contributed by atoms with E-state index < -0.39 is 0 Å². The van der Waals surface area contributed by atoms with E-state index in [1.165, 1.54) is 24.0 Å². The first-order valence-corrected chi connectivity index (χ1v) is 4.62. The lowest BCUT2D eigenvalue weighted by molar-refractivity contribution is 0.0926. The molecule has 0 aromatic carbocycles. The largest absolute Gasteiger partial charge is 0.493 e. The fourth-order valence-corrected chi connectivity index (χ4v) is 1.71. The second-order valence-electron chi connectivity index (χ2n) is 2.77. The molecule has 0 saturated carbocycles. The standard InChI is InChI=1S/C8H6BrN3O2/c1-4(13)12-7-5(2-11-12)8(14)10-3-6(7)9/h2-3H,1H3,(H,10,14). The lowest BCUT2D eigenvalue weighted by atomic mass is 10.3. The van der Waals surface area contributed by atoms with Gasteiger partial charge in [0.15, 0.2) is 0 Å². The van der Waals surface area contributed by atoms with E-state index in [0.29, 0.717) is 15.4 Å². The number of halogens is 1. The average molecular weight is 256 g/mol. The second kappa shape index (κ2) is 3.06. The number of aromatic hydroxyl groups is 1. The maximum absolute atomic E-state index is 11.2. The first-order chi connectivity index (χ1) is 6.61. The summed E-state index contributed by atoms with van der Waals surface area (Å²) in [5.74, 6) is -0.345. The van der Waals surface area contributed by atoms with Gasteiger partial charge in [-0.2, -0.15) is 9.78 Å². The molecule has 1 N–H and O–H groups in total. The van der Waals surface area contributed by atoms with E-state index in [9.17, 15) is 9.90 Å². The van der Waals surface area contributed by atoms with Crippen molar-refractivity contribution in [1.82, 2.24) is 14.8 Å². The molecule has 2 aromatic heterocycles. The molecule has 0 amide bonds. The van der Waals surface area contributed by atoms with E-state index in [0.717, 1.165) is 0 Å². The smallest absolute Gasteiger partial charge is 0.244 e. The minimum atomic E-state index is -0.216. The molecule has 0 spiro atoms. The van der Waals surface area contributed by atoms with Gasteiger partial charge in [0.1, 0.15) is 0 Å². The second-order valence-corrected chi connectivity index (χ2v) is 3.62. The van der Waals surface area contributed by atoms with Crippen molar-refractivity contribution in [2.45, 2.75) is 6.92 Å². The molecule has 0 atom stereocenters. The minimum absolute atomic E-state index is 0.129. The first-order valence-electron chi connectivity index (χ1n) is 3.83. The molecule has 5 nitrogen and oxygen atoms in total. The van der Waals surface area contributed by atoms with E-state index in [1.54, 1.807) is 0 Å². The quantitative estimate of drug-likeness (QED) is 0.776. The Morgan fingerprint density at radius 3 is 2.93 bits per heavy atom. The first kappa shape index (κ1) is 9.14. The van der Waals surface area contributed by atoms with Gasteiger partial charge in [0.05, 0.1) is 21.6 Å². The van der Waals surface area contributed by atoms with Crippen LogP contribution in [0, 0.1) is 0 Å². The minimum Gasteiger partial charge on any atom is -0.493 e. The monoisotopic (exact) mass is 255 g/mol. The van der Waals surface area contributed by atoms with Crippen LogP contribution in [0.15, 0.2) is 16.9 Å². The molecule has 2 aromatic rings. The van der Waals surface area contributed by atoms with Crippen LogP contribution in [0.25, 0.3) is 10.9 Å². The predicted octanol–water partition coefficient (Wildman–Crippen LogP) is 1.56. The van der Waals surface area contributed by atoms with Crippen LogP contribution in [0.1, 0.15) is 11.7 Å². The summed E-state index contributed by atoms with van der Waals surface area (Å²) in [7, 11) is 0. The Kier molecular flexibility index (Phi) is 1.99. The van der Waals surface area contributed by atoms with Crippen LogP contribution in [-0.2, 0) is 0 Å². The van der Waals surface area contributed by atoms with Crippen LogP contribution in [-0.4, -0.2) is 25.8 Å². The van der Waals surface area contributed by atoms with Crippen LogP contribution in [0.3, 0.4) is 0 Å². The third kappa shape index (κ3) is 1.19. The Labute approximate surface area is 87.5 Å². The maximum atomic E-state index is 11.2. The highest BCUT2D eigenvalue weighted by Gasteiger charge is 2.13. The van der Waals surface area contributed by atoms with Gasteiger partial charge in [0, 0.05) is 13.1 Å². The van der Waals surface area contributed by atoms with Crippen molar-refractivity contribution < 1.29 is 9.90 Å². The molecular formula is C8H6BrN3O2. The zero-order valence-corrected chi connectivity index (χ0v) is 8.82. The number of rotatable bonds is 0. The summed E-state index contributed by atoms with van der Waals surface area (Å²) >= 11 is 3.24. The summed E-state index contributed by atoms with van der Waals surface area (Å²) in [4.78, 5) is 14.9. The predicted molar refractivity (Wildman–Crippen MR) is 53.2 cm³/mol. The highest BCUT2D eigenvalue weighted by atomic mass is 79.9. The molecule has 0 fully saturated rings. The van der Waals surface area contributed by atoms with Gasteiger partial charge in [-0.3, -0.25) is 4.79 Å². The van der Waals surface area contributed by atoms with Gasteiger partial charge in [-0.15, -0.1) is 0 Å². The molecule has 0 aliphatic rings. The van der Waals surface area contributed by atoms with E-state index in [2.05, 4.69) is 26.0 Å². The molecule has 2 rings (SSSR count). The third-order valence-corrected chi connectivity index (χ3v) is 2.42. The Morgan fingerprint density at radius 2 is 2.29 bits per heavy atom. The Morgan fingerprint density at radius 1 is 1.57 bits per heavy atom. The van der Waals surface area contributed by atoms with E-state index in [1.807, 2.05) is 0 Å². The van der Waals surface area contributed by atoms with Gasteiger partial charge in [-0.1, -0.05) is 0 Å². The van der Waals surface area contributed by atoms with Crippen LogP contribution >= 0.6 is 15.9 Å². The Hall–Kier alpha value is -1.43. The average Bonchev–Trinajstić information content (AvgIpc) is 2.56. The molecule has 2 heterocycles. The molecule has 0 bridgehead atoms. The molecule has 0 aliphatic carbocycles. The highest BCUT2D eigenvalue weighted by Crippen LogP contribution is 2.28. The van der Waals surface area contributed by atoms with Gasteiger partial charge >= 0.3 is 0 Å². The normalized spacial score (nSPS) is 10.7. The molecule has 0 saturated heterocycles. The summed E-state index contributed by atoms with van der Waals surface area (Å²) in [5.41, 5.74) is 0.532. The van der Waals surface area contributed by atoms with Crippen molar-refractivity contribution in [2.24, 2.45) is 0 Å². The number of hydrogen-bond acceptors (Lipinski definition) is 4. The lowest BCUT2D eigenvalue weighted by Gasteiger charge is -1.99. The molecule has 6 heteroatoms. The molecule has 14 heavy (non-hydrogen) atoms. The lowest BCUT2D eigenvalue weighted by Crippen LogP contribution is -2.07. The highest BCUT2D eigenvalue weighted by molar-refractivity contribution is 9.10. The fourth-order valence-electron chi connectivity index (χ4n) is 1.23. The van der Waals surface area contributed by atoms with Crippen molar-refractivity contribution in [3.8, 4) is 5.88 Å². The zero-order valence-electron chi connectivity index (χ0n) is 7.23. The van der Waals surface area contributed by atoms with E-state index >= 15 is 0 Å². The van der Waals surface area contributed by atoms with Crippen molar-refractivity contribution >= 4 is 32.7 Å². The van der Waals surface area contributed by atoms with Crippen molar-refractivity contribution in [3.05, 3.63) is 16.9 Å². The summed E-state index contributed by atoms with van der Waals surface area (Å²) in [6.07, 6.45) is 2.84. The summed E-state index contributed by atoms with van der Waals surface area (Å²) < 4.78 is 1.83. The van der Waals surface area contributed by atoms with Gasteiger partial charge in [0.25, 0.3) is 0 Å². The zero-order chi connectivity index (χ0) is 10.3. The number of fused-ring (bicyclic) bond motifs is 1. The Balaban J connectivity index is 2.90. The number of carbonyl (C=O) groups excluding carboxylic acids is 1. The van der Waals surface area contributed by atoms with Gasteiger partial charge in [0.2, 0.25) is 11.8 Å². The molecule has 0 radical (unpaired) electrons. The molecular weight excluding hydrogens is 250 g/mol. The van der Waals surface area contributed by atoms with Crippen molar-refractivity contribution in [1.29, 1.82) is 0 Å². The SMILES string of the molecule is CC(=O)n1ncc2c(O)ncc(Br)c21. The van der Waals surface area contributed by atoms with Gasteiger partial charge in [-0.25, -0.2) is 4.98 Å². The van der Waals surface area contributed by atoms with Gasteiger partial charge in [-0.05, 0) is 15.9 Å². The maximum Gasteiger partial charge on any atom is 0.244 e. The summed E-state index contributed by atoms with van der Waals surface area (Å²) in [6, 6.07) is 0. The van der Waals surface area contributed by atoms with E-state index in [4.69, 9.17) is 0 Å². The Bertz CT molecular complexity index is 521. The molecule has 72 valence electrons. The molecule has 0 unspecified atom stereocenters. The van der Waals surface area contributed by atoms with Crippen molar-refractivity contribution in [3.63, 3.8) is 0 Å². The summed E-state index contributed by atoms with van der Waals surface area (Å²) in [6.45, 7) is 1.40. The number of hydrogen-bond donors (Lipinski definition) is 1.